The average Bonchev–Trinajstić information content (AvgIpc) is 2.32. The Kier molecular flexibility index (Phi) is 3.56. The SMILES string of the molecule is O=C(Nc1cnc(Cl)nc1)c1cccc(Cl)c1. The molecule has 0 radical (unpaired) electrons. The summed E-state index contributed by atoms with van der Waals surface area (Å²) in [6, 6.07) is 6.64. The molecule has 17 heavy (non-hydrogen) atoms. The Balaban J connectivity index is 2.14. The van der Waals surface area contributed by atoms with Crippen LogP contribution in [0.1, 0.15) is 10.4 Å². The molecule has 1 heterocycles. The van der Waals surface area contributed by atoms with Crippen molar-refractivity contribution in [1.29, 1.82) is 0 Å². The van der Waals surface area contributed by atoms with Crippen molar-refractivity contribution < 1.29 is 4.79 Å². The first-order valence-corrected chi connectivity index (χ1v) is 5.45. The Morgan fingerprint density at radius 3 is 2.53 bits per heavy atom. The van der Waals surface area contributed by atoms with E-state index in [0.29, 0.717) is 16.3 Å². The molecule has 4 nitrogen and oxygen atoms in total. The van der Waals surface area contributed by atoms with E-state index in [4.69, 9.17) is 23.2 Å². The van der Waals surface area contributed by atoms with Gasteiger partial charge >= 0.3 is 0 Å². The Morgan fingerprint density at radius 2 is 1.88 bits per heavy atom. The summed E-state index contributed by atoms with van der Waals surface area (Å²) < 4.78 is 0. The third-order valence-electron chi connectivity index (χ3n) is 1.97. The summed E-state index contributed by atoms with van der Waals surface area (Å²) in [6.07, 6.45) is 2.86. The Hall–Kier alpha value is -1.65. The maximum Gasteiger partial charge on any atom is 0.255 e. The second kappa shape index (κ2) is 5.12. The highest BCUT2D eigenvalue weighted by atomic mass is 35.5. The van der Waals surface area contributed by atoms with Crippen molar-refractivity contribution in [2.75, 3.05) is 5.32 Å². The van der Waals surface area contributed by atoms with E-state index in [1.807, 2.05) is 0 Å². The molecular formula is C11H7Cl2N3O. The molecular weight excluding hydrogens is 261 g/mol. The summed E-state index contributed by atoms with van der Waals surface area (Å²) in [7, 11) is 0. The third kappa shape index (κ3) is 3.15. The number of amides is 1. The molecule has 86 valence electrons. The molecule has 0 aliphatic heterocycles. The minimum atomic E-state index is -0.279. The van der Waals surface area contributed by atoms with Crippen molar-refractivity contribution in [3.05, 3.63) is 52.5 Å². The van der Waals surface area contributed by atoms with E-state index < -0.39 is 0 Å². The zero-order valence-electron chi connectivity index (χ0n) is 8.52. The molecule has 0 atom stereocenters. The number of hydrogen-bond acceptors (Lipinski definition) is 3. The number of carbonyl (C=O) groups excluding carboxylic acids is 1. The van der Waals surface area contributed by atoms with E-state index in [1.165, 1.54) is 12.4 Å². The van der Waals surface area contributed by atoms with Crippen LogP contribution in [-0.4, -0.2) is 15.9 Å². The minimum Gasteiger partial charge on any atom is -0.319 e. The molecule has 0 saturated heterocycles. The van der Waals surface area contributed by atoms with Crippen LogP contribution in [0, 0.1) is 0 Å². The van der Waals surface area contributed by atoms with Crippen molar-refractivity contribution in [3.8, 4) is 0 Å². The Labute approximate surface area is 108 Å². The highest BCUT2D eigenvalue weighted by molar-refractivity contribution is 6.31. The smallest absolute Gasteiger partial charge is 0.255 e. The van der Waals surface area contributed by atoms with Gasteiger partial charge in [-0.3, -0.25) is 4.79 Å². The Morgan fingerprint density at radius 1 is 1.18 bits per heavy atom. The molecule has 1 aromatic heterocycles. The van der Waals surface area contributed by atoms with E-state index >= 15 is 0 Å². The third-order valence-corrected chi connectivity index (χ3v) is 2.40. The fourth-order valence-electron chi connectivity index (χ4n) is 1.21. The van der Waals surface area contributed by atoms with Gasteiger partial charge in [-0.2, -0.15) is 0 Å². The summed E-state index contributed by atoms with van der Waals surface area (Å²) >= 11 is 11.3. The first-order chi connectivity index (χ1) is 8.15. The maximum atomic E-state index is 11.8. The molecule has 1 N–H and O–H groups in total. The molecule has 0 saturated carbocycles. The molecule has 1 amide bonds. The quantitative estimate of drug-likeness (QED) is 0.851. The number of carbonyl (C=O) groups is 1. The highest BCUT2D eigenvalue weighted by Gasteiger charge is 2.06. The van der Waals surface area contributed by atoms with E-state index in [1.54, 1.807) is 24.3 Å². The fraction of sp³-hybridized carbons (Fsp3) is 0. The topological polar surface area (TPSA) is 54.9 Å². The van der Waals surface area contributed by atoms with E-state index in [2.05, 4.69) is 15.3 Å². The van der Waals surface area contributed by atoms with Crippen LogP contribution < -0.4 is 5.32 Å². The first kappa shape index (κ1) is 11.8. The molecule has 0 fully saturated rings. The normalized spacial score (nSPS) is 10.0. The van der Waals surface area contributed by atoms with Gasteiger partial charge in [-0.15, -0.1) is 0 Å². The van der Waals surface area contributed by atoms with Crippen LogP contribution in [0.2, 0.25) is 10.3 Å². The summed E-state index contributed by atoms with van der Waals surface area (Å²) in [4.78, 5) is 19.3. The standard InChI is InChI=1S/C11H7Cl2N3O/c12-8-3-1-2-7(4-8)10(17)16-9-5-14-11(13)15-6-9/h1-6H,(H,16,17). The summed E-state index contributed by atoms with van der Waals surface area (Å²) in [5.41, 5.74) is 0.937. The van der Waals surface area contributed by atoms with E-state index in [0.717, 1.165) is 0 Å². The van der Waals surface area contributed by atoms with Crippen molar-refractivity contribution in [1.82, 2.24) is 9.97 Å². The van der Waals surface area contributed by atoms with Gasteiger partial charge in [-0.1, -0.05) is 17.7 Å². The predicted octanol–water partition coefficient (Wildman–Crippen LogP) is 3.04. The lowest BCUT2D eigenvalue weighted by molar-refractivity contribution is 0.102. The van der Waals surface area contributed by atoms with Crippen LogP contribution in [0.15, 0.2) is 36.7 Å². The van der Waals surface area contributed by atoms with Crippen LogP contribution in [-0.2, 0) is 0 Å². The Bertz CT molecular complexity index is 543. The van der Waals surface area contributed by atoms with Crippen molar-refractivity contribution in [2.24, 2.45) is 0 Å². The summed E-state index contributed by atoms with van der Waals surface area (Å²) in [5.74, 6) is -0.279. The number of anilines is 1. The van der Waals surface area contributed by atoms with Gasteiger partial charge in [0, 0.05) is 10.6 Å². The number of nitrogens with zero attached hydrogens (tertiary/aromatic N) is 2. The van der Waals surface area contributed by atoms with Gasteiger partial charge in [-0.25, -0.2) is 9.97 Å². The maximum absolute atomic E-state index is 11.8. The van der Waals surface area contributed by atoms with Gasteiger partial charge in [0.25, 0.3) is 5.91 Å². The van der Waals surface area contributed by atoms with Crippen molar-refractivity contribution in [3.63, 3.8) is 0 Å². The molecule has 2 aromatic rings. The fourth-order valence-corrected chi connectivity index (χ4v) is 1.50. The summed E-state index contributed by atoms with van der Waals surface area (Å²) in [5, 5.41) is 3.27. The number of halogens is 2. The largest absolute Gasteiger partial charge is 0.319 e. The van der Waals surface area contributed by atoms with Crippen LogP contribution in [0.4, 0.5) is 5.69 Å². The molecule has 2 rings (SSSR count). The number of nitrogens with one attached hydrogen (secondary N) is 1. The van der Waals surface area contributed by atoms with Gasteiger partial charge in [0.1, 0.15) is 0 Å². The minimum absolute atomic E-state index is 0.130. The van der Waals surface area contributed by atoms with Crippen molar-refractivity contribution in [2.45, 2.75) is 0 Å². The average molecular weight is 268 g/mol. The molecule has 6 heteroatoms. The number of hydrogen-bond donors (Lipinski definition) is 1. The van der Waals surface area contributed by atoms with Crippen LogP contribution in [0.5, 0.6) is 0 Å². The van der Waals surface area contributed by atoms with Gasteiger partial charge in [0.05, 0.1) is 18.1 Å². The van der Waals surface area contributed by atoms with E-state index in [-0.39, 0.29) is 11.2 Å². The first-order valence-electron chi connectivity index (χ1n) is 4.69. The lowest BCUT2D eigenvalue weighted by atomic mass is 10.2. The van der Waals surface area contributed by atoms with Crippen molar-refractivity contribution >= 4 is 34.8 Å². The van der Waals surface area contributed by atoms with Gasteiger partial charge in [0.2, 0.25) is 5.28 Å². The lowest BCUT2D eigenvalue weighted by Crippen LogP contribution is -2.12. The molecule has 1 aromatic carbocycles. The summed E-state index contributed by atoms with van der Waals surface area (Å²) in [6.45, 7) is 0. The zero-order valence-corrected chi connectivity index (χ0v) is 10.0. The van der Waals surface area contributed by atoms with Crippen LogP contribution in [0.3, 0.4) is 0 Å². The molecule has 0 bridgehead atoms. The predicted molar refractivity (Wildman–Crippen MR) is 66.4 cm³/mol. The number of aromatic nitrogens is 2. The number of rotatable bonds is 2. The molecule has 0 spiro atoms. The van der Waals surface area contributed by atoms with Gasteiger partial charge in [0.15, 0.2) is 0 Å². The monoisotopic (exact) mass is 267 g/mol. The van der Waals surface area contributed by atoms with Gasteiger partial charge < -0.3 is 5.32 Å². The molecule has 0 aliphatic rings. The lowest BCUT2D eigenvalue weighted by Gasteiger charge is -2.04. The molecule has 0 aliphatic carbocycles. The molecule has 0 unspecified atom stereocenters. The van der Waals surface area contributed by atoms with Gasteiger partial charge in [-0.05, 0) is 29.8 Å². The highest BCUT2D eigenvalue weighted by Crippen LogP contribution is 2.13. The second-order valence-corrected chi connectivity index (χ2v) is 3.98. The van der Waals surface area contributed by atoms with E-state index in [9.17, 15) is 4.79 Å². The number of benzene rings is 1. The second-order valence-electron chi connectivity index (χ2n) is 3.21. The van der Waals surface area contributed by atoms with Crippen LogP contribution >= 0.6 is 23.2 Å². The van der Waals surface area contributed by atoms with Crippen LogP contribution in [0.25, 0.3) is 0 Å². The zero-order chi connectivity index (χ0) is 12.3.